The normalized spacial score (nSPS) is 14.2. The number of benzene rings is 2. The quantitative estimate of drug-likeness (QED) is 0.434. The van der Waals surface area contributed by atoms with Gasteiger partial charge in [0.1, 0.15) is 0 Å². The number of hydrogen-bond donors (Lipinski definition) is 0. The maximum Gasteiger partial charge on any atom is -1.00 e. The van der Waals surface area contributed by atoms with Crippen molar-refractivity contribution in [3.63, 3.8) is 0 Å². The van der Waals surface area contributed by atoms with Gasteiger partial charge in [-0.15, -0.1) is 0 Å². The smallest absolute Gasteiger partial charge is 1.00 e. The first kappa shape index (κ1) is 31.8. The molecule has 2 aliphatic rings. The fourth-order valence-electron chi connectivity index (χ4n) is 5.76. The molecule has 4 rings (SSSR count). The molecule has 194 valence electrons. The molecular weight excluding hydrogens is 575 g/mol. The van der Waals surface area contributed by atoms with Crippen molar-refractivity contribution in [3.8, 4) is 11.1 Å². The van der Waals surface area contributed by atoms with Gasteiger partial charge in [-0.05, 0) is 0 Å². The van der Waals surface area contributed by atoms with Gasteiger partial charge in [-0.2, -0.15) is 0 Å². The first-order valence-electron chi connectivity index (χ1n) is 13.4. The van der Waals surface area contributed by atoms with Crippen molar-refractivity contribution in [1.29, 1.82) is 0 Å². The van der Waals surface area contributed by atoms with Crippen LogP contribution < -0.4 is 24.8 Å². The average Bonchev–Trinajstić information content (AvgIpc) is 3.40. The summed E-state index contributed by atoms with van der Waals surface area (Å²) in [5.74, 6) is 0. The summed E-state index contributed by atoms with van der Waals surface area (Å²) in [6.45, 7) is 19.0. The second-order valence-corrected chi connectivity index (χ2v) is 28.0. The van der Waals surface area contributed by atoms with Crippen LogP contribution >= 0.6 is 0 Å². The number of fused-ring (bicyclic) bond motifs is 3. The molecule has 0 heterocycles. The van der Waals surface area contributed by atoms with Gasteiger partial charge in [-0.1, -0.05) is 0 Å². The zero-order valence-corrected chi connectivity index (χ0v) is 28.5. The van der Waals surface area contributed by atoms with Crippen LogP contribution in [0.25, 0.3) is 11.1 Å². The van der Waals surface area contributed by atoms with Crippen molar-refractivity contribution in [2.45, 2.75) is 101 Å². The molecule has 36 heavy (non-hydrogen) atoms. The summed E-state index contributed by atoms with van der Waals surface area (Å²) in [6, 6.07) is 18.2. The molecule has 0 radical (unpaired) electrons. The molecule has 0 saturated heterocycles. The summed E-state index contributed by atoms with van der Waals surface area (Å²) >= 11 is -1.95. The third kappa shape index (κ3) is 6.42. The third-order valence-electron chi connectivity index (χ3n) is 7.64. The minimum Gasteiger partial charge on any atom is -1.00 e. The molecular formula is C32H44Cl2SiZr. The molecule has 2 aromatic rings. The van der Waals surface area contributed by atoms with Crippen LogP contribution in [0.15, 0.2) is 57.9 Å². The minimum atomic E-state index is -1.95. The summed E-state index contributed by atoms with van der Waals surface area (Å²) in [5, 5.41) is 0. The zero-order valence-electron chi connectivity index (χ0n) is 23.6. The van der Waals surface area contributed by atoms with Crippen molar-refractivity contribution in [3.05, 3.63) is 80.2 Å². The van der Waals surface area contributed by atoms with Crippen LogP contribution in [0.1, 0.15) is 101 Å². The molecule has 0 nitrogen and oxygen atoms in total. The third-order valence-corrected chi connectivity index (χ3v) is 29.1. The molecule has 0 aliphatic heterocycles. The molecule has 0 atom stereocenters. The maximum absolute atomic E-state index is 2.56. The summed E-state index contributed by atoms with van der Waals surface area (Å²) in [6.07, 6.45) is 11.3. The Kier molecular flexibility index (Phi) is 11.2. The minimum absolute atomic E-state index is 0. The Labute approximate surface area is 241 Å². The van der Waals surface area contributed by atoms with Gasteiger partial charge in [0.2, 0.25) is 0 Å². The molecule has 0 fully saturated rings. The number of rotatable bonds is 6. The Hall–Kier alpha value is -0.400. The van der Waals surface area contributed by atoms with E-state index in [-0.39, 0.29) is 41.1 Å². The largest absolute Gasteiger partial charge is 1.00 e. The second kappa shape index (κ2) is 12.6. The molecule has 0 unspecified atom stereocenters. The van der Waals surface area contributed by atoms with Crippen LogP contribution in [0.2, 0.25) is 12.1 Å². The van der Waals surface area contributed by atoms with Gasteiger partial charge in [0.25, 0.3) is 0 Å². The van der Waals surface area contributed by atoms with E-state index in [0.29, 0.717) is 3.63 Å². The van der Waals surface area contributed by atoms with Crippen LogP contribution in [0.3, 0.4) is 0 Å². The first-order chi connectivity index (χ1) is 16.1. The zero-order chi connectivity index (χ0) is 24.7. The van der Waals surface area contributed by atoms with Gasteiger partial charge in [0.05, 0.1) is 0 Å². The monoisotopic (exact) mass is 616 g/mol. The Bertz CT molecular complexity index is 1100. The van der Waals surface area contributed by atoms with E-state index in [4.69, 9.17) is 0 Å². The maximum atomic E-state index is 2.56. The van der Waals surface area contributed by atoms with Crippen LogP contribution in [-0.2, 0) is 31.2 Å². The molecule has 0 bridgehead atoms. The Morgan fingerprint density at radius 1 is 0.778 bits per heavy atom. The van der Waals surface area contributed by atoms with E-state index in [1.807, 2.05) is 3.28 Å². The van der Waals surface area contributed by atoms with Crippen LogP contribution in [-0.4, -0.2) is 5.43 Å². The van der Waals surface area contributed by atoms with Crippen molar-refractivity contribution < 1.29 is 45.2 Å². The first-order valence-corrected chi connectivity index (χ1v) is 21.7. The van der Waals surface area contributed by atoms with Crippen LogP contribution in [0.4, 0.5) is 0 Å². The van der Waals surface area contributed by atoms with Gasteiger partial charge in [0.15, 0.2) is 0 Å². The van der Waals surface area contributed by atoms with E-state index in [2.05, 4.69) is 110 Å². The molecule has 0 aromatic heterocycles. The van der Waals surface area contributed by atoms with E-state index >= 15 is 0 Å². The standard InChI is InChI=1S/C21H25.C6H14Si.C5H5.2ClH.Zr/c1-20(2,3)16-9-7-14-11-15-8-10-17(21(4,5)6)13-19(15)18(14)12-16;1-3-5-7-6-4-2;1-2-4-5-3-1;;;/h7-13H,1-6H3;3-6H2,1-2H3;1-3H,4H2;2*1H;/q;;;;;+2/p-2. The fourth-order valence-corrected chi connectivity index (χ4v) is 30.8. The van der Waals surface area contributed by atoms with Crippen molar-refractivity contribution in [2.75, 3.05) is 0 Å². The molecule has 2 aliphatic carbocycles. The molecule has 0 N–H and O–H groups in total. The van der Waals surface area contributed by atoms with Gasteiger partial charge >= 0.3 is 218 Å². The molecule has 0 spiro atoms. The Morgan fingerprint density at radius 3 is 1.61 bits per heavy atom. The predicted molar refractivity (Wildman–Crippen MR) is 149 cm³/mol. The molecule has 0 saturated carbocycles. The van der Waals surface area contributed by atoms with Crippen molar-refractivity contribution in [2.24, 2.45) is 0 Å². The second-order valence-electron chi connectivity index (χ2n) is 12.4. The molecule has 2 aromatic carbocycles. The number of hydrogen-bond acceptors (Lipinski definition) is 0. The number of allylic oxidation sites excluding steroid dienone is 4. The Balaban J connectivity index is 0.00000228. The van der Waals surface area contributed by atoms with E-state index in [1.54, 1.807) is 22.3 Å². The van der Waals surface area contributed by atoms with E-state index in [9.17, 15) is 0 Å². The molecule has 4 heteroatoms. The fraction of sp³-hybridized carbons (Fsp3) is 0.500. The number of halogens is 2. The average molecular weight is 619 g/mol. The molecule has 0 amide bonds. The topological polar surface area (TPSA) is 0 Å². The van der Waals surface area contributed by atoms with Gasteiger partial charge in [0, 0.05) is 0 Å². The van der Waals surface area contributed by atoms with Gasteiger partial charge < -0.3 is 24.8 Å². The summed E-state index contributed by atoms with van der Waals surface area (Å²) in [4.78, 5) is 0. The summed E-state index contributed by atoms with van der Waals surface area (Å²) in [5.41, 5.74) is 9.42. The van der Waals surface area contributed by atoms with Crippen molar-refractivity contribution in [1.82, 2.24) is 0 Å². The predicted octanol–water partition coefficient (Wildman–Crippen LogP) is 3.63. The van der Waals surface area contributed by atoms with E-state index in [0.717, 1.165) is 0 Å². The van der Waals surface area contributed by atoms with Crippen molar-refractivity contribution >= 4 is 5.43 Å². The Morgan fingerprint density at radius 2 is 1.25 bits per heavy atom. The van der Waals surface area contributed by atoms with Gasteiger partial charge in [-0.25, -0.2) is 0 Å². The van der Waals surface area contributed by atoms with E-state index in [1.165, 1.54) is 42.5 Å². The SMILES string of the molecule is CCC[Si](CCC)=[Zr+2]([C]1=CC=CC1)[CH]1c2ccc(C(C)(C)C)cc2-c2cc(C(C)(C)C)ccc21.[Cl-].[Cl-]. The summed E-state index contributed by atoms with van der Waals surface area (Å²) in [7, 11) is 0. The van der Waals surface area contributed by atoms with Crippen LogP contribution in [0.5, 0.6) is 0 Å². The summed E-state index contributed by atoms with van der Waals surface area (Å²) < 4.78 is 2.59. The van der Waals surface area contributed by atoms with Gasteiger partial charge in [-0.3, -0.25) is 0 Å². The van der Waals surface area contributed by atoms with E-state index < -0.39 is 20.4 Å². The van der Waals surface area contributed by atoms with Crippen LogP contribution in [0, 0.1) is 0 Å².